The Morgan fingerprint density at radius 2 is 2.00 bits per heavy atom. The van der Waals surface area contributed by atoms with Crippen LogP contribution < -0.4 is 4.74 Å². The first-order chi connectivity index (χ1) is 10.6. The van der Waals surface area contributed by atoms with Crippen molar-refractivity contribution >= 4 is 12.0 Å². The van der Waals surface area contributed by atoms with Crippen molar-refractivity contribution in [2.45, 2.75) is 46.0 Å². The molecule has 122 valence electrons. The summed E-state index contributed by atoms with van der Waals surface area (Å²) in [5, 5.41) is 9.63. The van der Waals surface area contributed by atoms with Crippen LogP contribution in [-0.2, 0) is 9.53 Å². The van der Waals surface area contributed by atoms with Gasteiger partial charge in [-0.15, -0.1) is 0 Å². The van der Waals surface area contributed by atoms with Crippen LogP contribution in [0.15, 0.2) is 23.8 Å². The van der Waals surface area contributed by atoms with E-state index in [-0.39, 0.29) is 11.7 Å². The van der Waals surface area contributed by atoms with Crippen LogP contribution in [0.3, 0.4) is 0 Å². The minimum atomic E-state index is -0.272. The van der Waals surface area contributed by atoms with E-state index < -0.39 is 0 Å². The number of rotatable bonds is 9. The molecule has 0 bridgehead atoms. The average Bonchev–Trinajstić information content (AvgIpc) is 2.52. The number of carbonyl (C=O) groups is 1. The zero-order chi connectivity index (χ0) is 16.4. The molecule has 0 atom stereocenters. The number of hydrogen-bond donors (Lipinski definition) is 1. The second-order valence-electron chi connectivity index (χ2n) is 5.13. The van der Waals surface area contributed by atoms with E-state index in [1.165, 1.54) is 13.5 Å². The van der Waals surface area contributed by atoms with Gasteiger partial charge >= 0.3 is 5.97 Å². The van der Waals surface area contributed by atoms with Crippen LogP contribution in [0, 0.1) is 0 Å². The van der Waals surface area contributed by atoms with Crippen molar-refractivity contribution in [3.05, 3.63) is 29.3 Å². The van der Waals surface area contributed by atoms with Gasteiger partial charge in [0.05, 0.1) is 13.7 Å². The van der Waals surface area contributed by atoms with Crippen molar-refractivity contribution in [2.75, 3.05) is 13.7 Å². The number of methoxy groups -OCH3 is 1. The van der Waals surface area contributed by atoms with Gasteiger partial charge in [-0.3, -0.25) is 0 Å². The summed E-state index contributed by atoms with van der Waals surface area (Å²) in [6, 6.07) is 5.02. The molecule has 0 aliphatic heterocycles. The Morgan fingerprint density at radius 1 is 1.23 bits per heavy atom. The predicted octanol–water partition coefficient (Wildman–Crippen LogP) is 4.32. The first-order valence-electron chi connectivity index (χ1n) is 7.87. The summed E-state index contributed by atoms with van der Waals surface area (Å²) in [5.74, 6) is 0.203. The van der Waals surface area contributed by atoms with Gasteiger partial charge in [0.1, 0.15) is 0 Å². The van der Waals surface area contributed by atoms with Crippen LogP contribution in [-0.4, -0.2) is 24.8 Å². The molecule has 1 aromatic rings. The summed E-state index contributed by atoms with van der Waals surface area (Å²) in [4.78, 5) is 12.1. The van der Waals surface area contributed by atoms with E-state index in [2.05, 4.69) is 6.92 Å². The molecule has 0 aliphatic rings. The molecule has 1 rings (SSSR count). The average molecular weight is 306 g/mol. The Hall–Kier alpha value is -1.97. The van der Waals surface area contributed by atoms with Gasteiger partial charge in [-0.05, 0) is 43.5 Å². The molecule has 0 fully saturated rings. The van der Waals surface area contributed by atoms with Gasteiger partial charge in [0, 0.05) is 5.57 Å². The standard InChI is InChI=1S/C18H26O4/c1-4-6-7-8-9-15(18(20)22-5-2)12-14-10-11-16(19)17(13-14)21-3/h10-13,19H,4-9H2,1-3H3. The maximum atomic E-state index is 12.1. The number of ether oxygens (including phenoxy) is 2. The Kier molecular flexibility index (Phi) is 8.11. The molecular weight excluding hydrogens is 280 g/mol. The van der Waals surface area contributed by atoms with Crippen molar-refractivity contribution in [3.8, 4) is 11.5 Å². The third-order valence-corrected chi connectivity index (χ3v) is 3.38. The van der Waals surface area contributed by atoms with Crippen molar-refractivity contribution in [1.29, 1.82) is 0 Å². The largest absolute Gasteiger partial charge is 0.504 e. The lowest BCUT2D eigenvalue weighted by molar-refractivity contribution is -0.138. The van der Waals surface area contributed by atoms with Crippen LogP contribution in [0.2, 0.25) is 0 Å². The molecule has 0 aromatic heterocycles. The number of unbranched alkanes of at least 4 members (excludes halogenated alkanes) is 3. The van der Waals surface area contributed by atoms with E-state index in [9.17, 15) is 9.90 Å². The summed E-state index contributed by atoms with van der Waals surface area (Å²) in [6.07, 6.45) is 6.91. The molecule has 4 heteroatoms. The van der Waals surface area contributed by atoms with Crippen LogP contribution in [0.25, 0.3) is 6.08 Å². The highest BCUT2D eigenvalue weighted by atomic mass is 16.5. The van der Waals surface area contributed by atoms with Crippen LogP contribution >= 0.6 is 0 Å². The van der Waals surface area contributed by atoms with E-state index in [1.54, 1.807) is 25.1 Å². The highest BCUT2D eigenvalue weighted by Crippen LogP contribution is 2.28. The summed E-state index contributed by atoms with van der Waals surface area (Å²) in [6.45, 7) is 4.32. The van der Waals surface area contributed by atoms with Crippen molar-refractivity contribution in [1.82, 2.24) is 0 Å². The number of carbonyl (C=O) groups excluding carboxylic acids is 1. The molecule has 0 radical (unpaired) electrons. The van der Waals surface area contributed by atoms with Crippen LogP contribution in [0.1, 0.15) is 51.5 Å². The lowest BCUT2D eigenvalue weighted by Gasteiger charge is -2.08. The van der Waals surface area contributed by atoms with Gasteiger partial charge in [0.25, 0.3) is 0 Å². The fourth-order valence-electron chi connectivity index (χ4n) is 2.18. The molecule has 0 amide bonds. The van der Waals surface area contributed by atoms with E-state index in [1.807, 2.05) is 6.08 Å². The molecule has 0 spiro atoms. The maximum Gasteiger partial charge on any atom is 0.334 e. The monoisotopic (exact) mass is 306 g/mol. The Morgan fingerprint density at radius 3 is 2.64 bits per heavy atom. The van der Waals surface area contributed by atoms with Gasteiger partial charge in [0.2, 0.25) is 0 Å². The Bertz CT molecular complexity index is 506. The van der Waals surface area contributed by atoms with Crippen molar-refractivity contribution in [2.24, 2.45) is 0 Å². The molecule has 1 aromatic carbocycles. The second kappa shape index (κ2) is 9.87. The molecule has 0 heterocycles. The van der Waals surface area contributed by atoms with E-state index >= 15 is 0 Å². The van der Waals surface area contributed by atoms with E-state index in [4.69, 9.17) is 9.47 Å². The number of phenols is 1. The first-order valence-corrected chi connectivity index (χ1v) is 7.87. The van der Waals surface area contributed by atoms with Crippen molar-refractivity contribution in [3.63, 3.8) is 0 Å². The molecule has 1 N–H and O–H groups in total. The lowest BCUT2D eigenvalue weighted by Crippen LogP contribution is -2.07. The molecule has 0 saturated carbocycles. The Labute approximate surface area is 132 Å². The third-order valence-electron chi connectivity index (χ3n) is 3.38. The minimum absolute atomic E-state index is 0.0836. The number of phenolic OH excluding ortho intramolecular Hbond substituents is 1. The lowest BCUT2D eigenvalue weighted by atomic mass is 10.0. The molecule has 4 nitrogen and oxygen atoms in total. The number of esters is 1. The quantitative estimate of drug-likeness (QED) is 0.419. The maximum absolute atomic E-state index is 12.1. The van der Waals surface area contributed by atoms with E-state index in [0.29, 0.717) is 24.4 Å². The fourth-order valence-corrected chi connectivity index (χ4v) is 2.18. The smallest absolute Gasteiger partial charge is 0.334 e. The summed E-state index contributed by atoms with van der Waals surface area (Å²) < 4.78 is 10.2. The fraction of sp³-hybridized carbons (Fsp3) is 0.500. The summed E-state index contributed by atoms with van der Waals surface area (Å²) >= 11 is 0. The molecule has 0 aliphatic carbocycles. The summed E-state index contributed by atoms with van der Waals surface area (Å²) in [5.41, 5.74) is 1.47. The molecule has 0 saturated heterocycles. The van der Waals surface area contributed by atoms with Gasteiger partial charge < -0.3 is 14.6 Å². The van der Waals surface area contributed by atoms with Crippen molar-refractivity contribution < 1.29 is 19.4 Å². The summed E-state index contributed by atoms with van der Waals surface area (Å²) in [7, 11) is 1.50. The van der Waals surface area contributed by atoms with Gasteiger partial charge in [-0.2, -0.15) is 0 Å². The normalized spacial score (nSPS) is 11.3. The molecule has 0 unspecified atom stereocenters. The predicted molar refractivity (Wildman–Crippen MR) is 88.0 cm³/mol. The van der Waals surface area contributed by atoms with Gasteiger partial charge in [-0.1, -0.05) is 32.3 Å². The highest BCUT2D eigenvalue weighted by molar-refractivity contribution is 5.93. The molecule has 22 heavy (non-hydrogen) atoms. The topological polar surface area (TPSA) is 55.8 Å². The zero-order valence-corrected chi connectivity index (χ0v) is 13.7. The molecular formula is C18H26O4. The number of aromatic hydroxyl groups is 1. The number of hydrogen-bond acceptors (Lipinski definition) is 4. The van der Waals surface area contributed by atoms with Crippen LogP contribution in [0.4, 0.5) is 0 Å². The first kappa shape index (κ1) is 18.1. The van der Waals surface area contributed by atoms with Gasteiger partial charge in [0.15, 0.2) is 11.5 Å². The highest BCUT2D eigenvalue weighted by Gasteiger charge is 2.11. The van der Waals surface area contributed by atoms with E-state index in [0.717, 1.165) is 24.8 Å². The third kappa shape index (κ3) is 5.80. The van der Waals surface area contributed by atoms with Crippen LogP contribution in [0.5, 0.6) is 11.5 Å². The zero-order valence-electron chi connectivity index (χ0n) is 13.7. The minimum Gasteiger partial charge on any atom is -0.504 e. The number of benzene rings is 1. The Balaban J connectivity index is 2.90. The van der Waals surface area contributed by atoms with Gasteiger partial charge in [-0.25, -0.2) is 4.79 Å². The SMILES string of the molecule is CCCCCCC(=Cc1ccc(O)c(OC)c1)C(=O)OCC. The second-order valence-corrected chi connectivity index (χ2v) is 5.13.